The Morgan fingerprint density at radius 1 is 0.800 bits per heavy atom. The SMILES string of the molecule is N=C(N)N1CC=C(c2ccc(-c3nnc(-c4ccc(C5=CCN(C(=N)N)CC5)cc4F)n3CCO)c(F)c2)CC1. The highest BCUT2D eigenvalue weighted by Crippen LogP contribution is 2.32. The molecule has 0 aliphatic carbocycles. The molecule has 0 unspecified atom stereocenters. The summed E-state index contributed by atoms with van der Waals surface area (Å²) in [5.41, 5.74) is 14.9. The quantitative estimate of drug-likeness (QED) is 0.235. The molecule has 40 heavy (non-hydrogen) atoms. The van der Waals surface area contributed by atoms with Crippen LogP contribution in [0.2, 0.25) is 0 Å². The predicted molar refractivity (Wildman–Crippen MR) is 150 cm³/mol. The van der Waals surface area contributed by atoms with Crippen LogP contribution in [0.15, 0.2) is 48.6 Å². The minimum absolute atomic E-state index is 0.00834. The molecule has 7 N–H and O–H groups in total. The van der Waals surface area contributed by atoms with Gasteiger partial charge < -0.3 is 30.9 Å². The number of aliphatic hydroxyl groups excluding tert-OH is 1. The highest BCUT2D eigenvalue weighted by atomic mass is 19.1. The summed E-state index contributed by atoms with van der Waals surface area (Å²) in [6.45, 7) is 1.92. The van der Waals surface area contributed by atoms with Crippen LogP contribution in [0.3, 0.4) is 0 Å². The van der Waals surface area contributed by atoms with Crippen molar-refractivity contribution in [1.82, 2.24) is 24.6 Å². The third kappa shape index (κ3) is 5.30. The molecule has 2 aromatic carbocycles. The molecule has 5 rings (SSSR count). The van der Waals surface area contributed by atoms with E-state index in [0.29, 0.717) is 39.0 Å². The van der Waals surface area contributed by atoms with E-state index in [1.807, 2.05) is 12.2 Å². The van der Waals surface area contributed by atoms with Gasteiger partial charge in [-0.2, -0.15) is 0 Å². The lowest BCUT2D eigenvalue weighted by Crippen LogP contribution is -2.39. The van der Waals surface area contributed by atoms with Crippen LogP contribution in [0.25, 0.3) is 33.9 Å². The predicted octanol–water partition coefficient (Wildman–Crippen LogP) is 2.85. The Morgan fingerprint density at radius 3 is 1.57 bits per heavy atom. The molecule has 3 heterocycles. The summed E-state index contributed by atoms with van der Waals surface area (Å²) in [6.07, 6.45) is 5.12. The van der Waals surface area contributed by atoms with Crippen molar-refractivity contribution in [2.75, 3.05) is 32.8 Å². The van der Waals surface area contributed by atoms with Gasteiger partial charge in [0, 0.05) is 32.7 Å². The Balaban J connectivity index is 1.43. The van der Waals surface area contributed by atoms with Crippen LogP contribution < -0.4 is 11.5 Å². The summed E-state index contributed by atoms with van der Waals surface area (Å²) in [4.78, 5) is 3.46. The van der Waals surface area contributed by atoms with Crippen molar-refractivity contribution in [3.63, 3.8) is 0 Å². The first-order valence-electron chi connectivity index (χ1n) is 13.0. The zero-order valence-corrected chi connectivity index (χ0v) is 21.9. The largest absolute Gasteiger partial charge is 0.395 e. The fourth-order valence-corrected chi connectivity index (χ4v) is 5.11. The highest BCUT2D eigenvalue weighted by molar-refractivity contribution is 5.78. The Kier molecular flexibility index (Phi) is 7.60. The molecule has 0 saturated heterocycles. The summed E-state index contributed by atoms with van der Waals surface area (Å²) >= 11 is 0. The van der Waals surface area contributed by atoms with Gasteiger partial charge in [0.1, 0.15) is 11.6 Å². The van der Waals surface area contributed by atoms with Crippen LogP contribution in [0.5, 0.6) is 0 Å². The fourth-order valence-electron chi connectivity index (χ4n) is 5.11. The lowest BCUT2D eigenvalue weighted by molar-refractivity contribution is 0.277. The van der Waals surface area contributed by atoms with Crippen LogP contribution >= 0.6 is 0 Å². The zero-order chi connectivity index (χ0) is 28.4. The first-order chi connectivity index (χ1) is 19.3. The smallest absolute Gasteiger partial charge is 0.188 e. The fraction of sp³-hybridized carbons (Fsp3) is 0.286. The minimum atomic E-state index is -0.509. The van der Waals surface area contributed by atoms with Gasteiger partial charge in [0.25, 0.3) is 0 Å². The monoisotopic (exact) mass is 547 g/mol. The number of nitrogens with one attached hydrogen (secondary N) is 2. The van der Waals surface area contributed by atoms with Crippen molar-refractivity contribution in [3.8, 4) is 22.8 Å². The van der Waals surface area contributed by atoms with Crippen molar-refractivity contribution >= 4 is 23.1 Å². The Bertz CT molecular complexity index is 1420. The van der Waals surface area contributed by atoms with Crippen LogP contribution in [0.1, 0.15) is 24.0 Å². The lowest BCUT2D eigenvalue weighted by atomic mass is 9.97. The van der Waals surface area contributed by atoms with Gasteiger partial charge in [-0.05, 0) is 59.4 Å². The minimum Gasteiger partial charge on any atom is -0.395 e. The number of aliphatic hydroxyl groups is 1. The summed E-state index contributed by atoms with van der Waals surface area (Å²) in [6, 6.07) is 9.69. The number of aromatic nitrogens is 3. The Hall–Kier alpha value is -4.58. The first-order valence-corrected chi connectivity index (χ1v) is 13.0. The molecule has 12 heteroatoms. The summed E-state index contributed by atoms with van der Waals surface area (Å²) in [5, 5.41) is 33.2. The number of hydrogen-bond donors (Lipinski definition) is 5. The van der Waals surface area contributed by atoms with Gasteiger partial charge in [0.05, 0.1) is 17.7 Å². The standard InChI is InChI=1S/C28H31F2N9O/c29-23-15-19(17-5-9-37(10-6-17)27(31)32)1-3-21(23)25-35-36-26(39(25)13-14-40)22-4-2-20(16-24(22)30)18-7-11-38(12-8-18)28(33)34/h1-5,7,15-16,40H,6,8-14H2,(H3,31,32)(H3,33,34). The first kappa shape index (κ1) is 27.0. The van der Waals surface area contributed by atoms with Crippen molar-refractivity contribution in [2.24, 2.45) is 11.5 Å². The molecule has 10 nitrogen and oxygen atoms in total. The van der Waals surface area contributed by atoms with Crippen LogP contribution in [-0.4, -0.2) is 74.4 Å². The molecule has 208 valence electrons. The molecule has 0 radical (unpaired) electrons. The van der Waals surface area contributed by atoms with Gasteiger partial charge in [0.2, 0.25) is 0 Å². The molecule has 1 aromatic heterocycles. The maximum Gasteiger partial charge on any atom is 0.188 e. The van der Waals surface area contributed by atoms with Crippen molar-refractivity contribution < 1.29 is 13.9 Å². The Morgan fingerprint density at radius 2 is 1.25 bits per heavy atom. The number of nitrogens with zero attached hydrogens (tertiary/aromatic N) is 5. The van der Waals surface area contributed by atoms with Gasteiger partial charge in [-0.15, -0.1) is 10.2 Å². The second-order valence-electron chi connectivity index (χ2n) is 9.73. The topological polar surface area (TPSA) is 157 Å². The normalized spacial score (nSPS) is 15.6. The van der Waals surface area contributed by atoms with Gasteiger partial charge >= 0.3 is 0 Å². The van der Waals surface area contributed by atoms with Crippen LogP contribution in [0, 0.1) is 22.5 Å². The van der Waals surface area contributed by atoms with Crippen molar-refractivity contribution in [2.45, 2.75) is 19.4 Å². The maximum absolute atomic E-state index is 15.4. The molecule has 0 amide bonds. The molecular weight excluding hydrogens is 516 g/mol. The maximum atomic E-state index is 15.4. The third-order valence-electron chi connectivity index (χ3n) is 7.34. The summed E-state index contributed by atoms with van der Waals surface area (Å²) in [5.74, 6) is -0.619. The lowest BCUT2D eigenvalue weighted by Gasteiger charge is -2.26. The molecule has 2 aliphatic heterocycles. The van der Waals surface area contributed by atoms with Gasteiger partial charge in [-0.25, -0.2) is 8.78 Å². The van der Waals surface area contributed by atoms with Gasteiger partial charge in [-0.1, -0.05) is 24.3 Å². The van der Waals surface area contributed by atoms with Gasteiger partial charge in [0.15, 0.2) is 23.6 Å². The van der Waals surface area contributed by atoms with E-state index >= 15 is 8.78 Å². The average Bonchev–Trinajstić information content (AvgIpc) is 3.36. The van der Waals surface area contributed by atoms with Crippen molar-refractivity contribution in [3.05, 3.63) is 71.3 Å². The molecule has 2 aliphatic rings. The number of nitrogens with two attached hydrogens (primary N) is 2. The van der Waals surface area contributed by atoms with E-state index < -0.39 is 11.6 Å². The number of rotatable bonds is 6. The second-order valence-corrected chi connectivity index (χ2v) is 9.73. The Labute approximate surface area is 230 Å². The van der Waals surface area contributed by atoms with Crippen LogP contribution in [-0.2, 0) is 6.54 Å². The number of guanidine groups is 2. The second kappa shape index (κ2) is 11.3. The van der Waals surface area contributed by atoms with E-state index in [-0.39, 0.29) is 47.8 Å². The van der Waals surface area contributed by atoms with Crippen molar-refractivity contribution in [1.29, 1.82) is 10.8 Å². The average molecular weight is 548 g/mol. The van der Waals surface area contributed by atoms with E-state index in [1.165, 1.54) is 16.7 Å². The van der Waals surface area contributed by atoms with E-state index in [2.05, 4.69) is 10.2 Å². The van der Waals surface area contributed by atoms with E-state index in [9.17, 15) is 5.11 Å². The molecule has 0 saturated carbocycles. The number of benzene rings is 2. The highest BCUT2D eigenvalue weighted by Gasteiger charge is 2.22. The molecule has 0 bridgehead atoms. The zero-order valence-electron chi connectivity index (χ0n) is 21.9. The molecule has 0 atom stereocenters. The van der Waals surface area contributed by atoms with E-state index in [4.69, 9.17) is 22.3 Å². The summed E-state index contributed by atoms with van der Waals surface area (Å²) < 4.78 is 32.3. The van der Waals surface area contributed by atoms with Crippen LogP contribution in [0.4, 0.5) is 8.78 Å². The molecule has 0 spiro atoms. The third-order valence-corrected chi connectivity index (χ3v) is 7.34. The molecule has 0 fully saturated rings. The number of halogens is 2. The number of hydrogen-bond acceptors (Lipinski definition) is 5. The molecule has 3 aromatic rings. The molecular formula is C28H31F2N9O. The van der Waals surface area contributed by atoms with E-state index in [1.54, 1.807) is 34.1 Å². The van der Waals surface area contributed by atoms with E-state index in [0.717, 1.165) is 22.3 Å². The summed E-state index contributed by atoms with van der Waals surface area (Å²) in [7, 11) is 0. The van der Waals surface area contributed by atoms with Gasteiger partial charge in [-0.3, -0.25) is 10.8 Å².